The van der Waals surface area contributed by atoms with Crippen molar-refractivity contribution < 1.29 is 14.2 Å². The highest BCUT2D eigenvalue weighted by Gasteiger charge is 2.54. The summed E-state index contributed by atoms with van der Waals surface area (Å²) in [4.78, 5) is 23.6. The Morgan fingerprint density at radius 1 is 1.61 bits per heavy atom. The van der Waals surface area contributed by atoms with Crippen LogP contribution in [0.5, 0.6) is 0 Å². The smallest absolute Gasteiger partial charge is 0.232 e. The van der Waals surface area contributed by atoms with Gasteiger partial charge in [0.2, 0.25) is 11.9 Å². The Morgan fingerprint density at radius 3 is 2.72 bits per heavy atom. The second kappa shape index (κ2) is 4.40. The van der Waals surface area contributed by atoms with E-state index in [2.05, 4.69) is 5.16 Å². The van der Waals surface area contributed by atoms with Gasteiger partial charge in [0, 0.05) is 24.0 Å². The molecule has 0 radical (unpaired) electrons. The molecule has 1 saturated carbocycles. The first kappa shape index (κ1) is 12.5. The molecule has 1 aromatic rings. The molecule has 1 aliphatic carbocycles. The molecular weight excluding hydrogens is 238 g/mol. The van der Waals surface area contributed by atoms with E-state index >= 15 is 0 Å². The van der Waals surface area contributed by atoms with Crippen LogP contribution in [0.25, 0.3) is 0 Å². The molecule has 7 nitrogen and oxygen atoms in total. The zero-order valence-corrected chi connectivity index (χ0v) is 10.5. The summed E-state index contributed by atoms with van der Waals surface area (Å²) >= 11 is 0. The van der Waals surface area contributed by atoms with Gasteiger partial charge in [0.1, 0.15) is 11.7 Å². The molecule has 0 bridgehead atoms. The number of amides is 1. The van der Waals surface area contributed by atoms with Gasteiger partial charge in [-0.1, -0.05) is 5.16 Å². The van der Waals surface area contributed by atoms with Crippen LogP contribution in [0.4, 0.5) is 0 Å². The van der Waals surface area contributed by atoms with Crippen LogP contribution in [0.1, 0.15) is 23.4 Å². The number of nitrogens with zero attached hydrogens (tertiary/aromatic N) is 3. The number of nitro groups is 1. The Morgan fingerprint density at radius 2 is 2.28 bits per heavy atom. The second-order valence-electron chi connectivity index (χ2n) is 4.69. The molecule has 2 atom stereocenters. The predicted octanol–water partition coefficient (Wildman–Crippen LogP) is 0.915. The molecule has 0 unspecified atom stereocenters. The lowest BCUT2D eigenvalue weighted by atomic mass is 10.2. The molecule has 0 spiro atoms. The van der Waals surface area contributed by atoms with E-state index in [1.807, 2.05) is 0 Å². The van der Waals surface area contributed by atoms with Gasteiger partial charge < -0.3 is 9.42 Å². The number of carbonyl (C=O) groups is 1. The fourth-order valence-corrected chi connectivity index (χ4v) is 2.01. The first-order valence-electron chi connectivity index (χ1n) is 5.72. The maximum atomic E-state index is 11.9. The molecule has 0 N–H and O–H groups in total. The molecule has 18 heavy (non-hydrogen) atoms. The maximum absolute atomic E-state index is 11.9. The molecule has 1 heterocycles. The number of hydrogen-bond acceptors (Lipinski definition) is 5. The molecule has 1 aliphatic rings. The van der Waals surface area contributed by atoms with Crippen molar-refractivity contribution in [1.29, 1.82) is 0 Å². The Kier molecular flexibility index (Phi) is 3.06. The molecule has 98 valence electrons. The first-order chi connectivity index (χ1) is 8.41. The zero-order valence-electron chi connectivity index (χ0n) is 10.5. The molecular formula is C11H15N3O4. The van der Waals surface area contributed by atoms with Gasteiger partial charge in [0.15, 0.2) is 0 Å². The van der Waals surface area contributed by atoms with E-state index in [-0.39, 0.29) is 10.8 Å². The first-order valence-corrected chi connectivity index (χ1v) is 5.72. The lowest BCUT2D eigenvalue weighted by Crippen LogP contribution is -2.29. The Balaban J connectivity index is 1.99. The van der Waals surface area contributed by atoms with E-state index in [9.17, 15) is 14.9 Å². The summed E-state index contributed by atoms with van der Waals surface area (Å²) in [6.45, 7) is 3.96. The number of hydrogen-bond donors (Lipinski definition) is 0. The van der Waals surface area contributed by atoms with Crippen molar-refractivity contribution in [3.05, 3.63) is 27.1 Å². The molecule has 1 fully saturated rings. The highest BCUT2D eigenvalue weighted by molar-refractivity contribution is 5.81. The van der Waals surface area contributed by atoms with Crippen LogP contribution in [0.15, 0.2) is 4.52 Å². The molecule has 0 saturated heterocycles. The summed E-state index contributed by atoms with van der Waals surface area (Å²) in [6, 6.07) is -0.704. The van der Waals surface area contributed by atoms with Gasteiger partial charge in [0.25, 0.3) is 0 Å². The van der Waals surface area contributed by atoms with Gasteiger partial charge in [-0.3, -0.25) is 14.9 Å². The average Bonchev–Trinajstić information content (AvgIpc) is 3.05. The van der Waals surface area contributed by atoms with Crippen LogP contribution in [0.2, 0.25) is 0 Å². The fraction of sp³-hybridized carbons (Fsp3) is 0.636. The third kappa shape index (κ3) is 2.20. The summed E-state index contributed by atoms with van der Waals surface area (Å²) in [6.07, 6.45) is 0.345. The average molecular weight is 253 g/mol. The largest absolute Gasteiger partial charge is 0.361 e. The van der Waals surface area contributed by atoms with Crippen LogP contribution in [0, 0.1) is 29.9 Å². The van der Waals surface area contributed by atoms with Crippen LogP contribution in [-0.2, 0) is 11.3 Å². The van der Waals surface area contributed by atoms with E-state index in [4.69, 9.17) is 4.52 Å². The van der Waals surface area contributed by atoms with Crippen LogP contribution in [-0.4, -0.2) is 34.0 Å². The summed E-state index contributed by atoms with van der Waals surface area (Å²) < 4.78 is 5.02. The number of rotatable bonds is 4. The normalized spacial score (nSPS) is 21.7. The second-order valence-corrected chi connectivity index (χ2v) is 4.69. The highest BCUT2D eigenvalue weighted by Crippen LogP contribution is 2.34. The topological polar surface area (TPSA) is 89.5 Å². The molecule has 1 amide bonds. The number of aryl methyl sites for hydroxylation is 2. The zero-order chi connectivity index (χ0) is 13.4. The van der Waals surface area contributed by atoms with Gasteiger partial charge in [-0.25, -0.2) is 0 Å². The van der Waals surface area contributed by atoms with Crippen molar-refractivity contribution >= 4 is 5.91 Å². The monoisotopic (exact) mass is 253 g/mol. The van der Waals surface area contributed by atoms with Crippen molar-refractivity contribution in [2.75, 3.05) is 7.05 Å². The molecule has 0 aliphatic heterocycles. The van der Waals surface area contributed by atoms with Crippen molar-refractivity contribution in [2.24, 2.45) is 5.92 Å². The summed E-state index contributed by atoms with van der Waals surface area (Å²) in [7, 11) is 1.64. The van der Waals surface area contributed by atoms with E-state index in [0.29, 0.717) is 18.7 Å². The summed E-state index contributed by atoms with van der Waals surface area (Å²) in [5.41, 5.74) is 1.61. The van der Waals surface area contributed by atoms with E-state index in [1.165, 1.54) is 4.90 Å². The molecule has 7 heteroatoms. The Bertz CT molecular complexity index is 477. The lowest BCUT2D eigenvalue weighted by molar-refractivity contribution is -0.497. The van der Waals surface area contributed by atoms with E-state index in [0.717, 1.165) is 11.3 Å². The van der Waals surface area contributed by atoms with Crippen LogP contribution >= 0.6 is 0 Å². The van der Waals surface area contributed by atoms with Crippen molar-refractivity contribution in [3.8, 4) is 0 Å². The van der Waals surface area contributed by atoms with Crippen molar-refractivity contribution in [3.63, 3.8) is 0 Å². The molecule has 2 rings (SSSR count). The summed E-state index contributed by atoms with van der Waals surface area (Å²) in [5, 5.41) is 14.3. The van der Waals surface area contributed by atoms with Gasteiger partial charge in [-0.2, -0.15) is 0 Å². The number of aromatic nitrogens is 1. The van der Waals surface area contributed by atoms with Crippen LogP contribution in [0.3, 0.4) is 0 Å². The Labute approximate surface area is 104 Å². The van der Waals surface area contributed by atoms with Gasteiger partial charge >= 0.3 is 0 Å². The van der Waals surface area contributed by atoms with Crippen LogP contribution < -0.4 is 0 Å². The predicted molar refractivity (Wildman–Crippen MR) is 61.3 cm³/mol. The Hall–Kier alpha value is -1.92. The minimum absolute atomic E-state index is 0.184. The van der Waals surface area contributed by atoms with E-state index < -0.39 is 12.0 Å². The van der Waals surface area contributed by atoms with Crippen molar-refractivity contribution in [2.45, 2.75) is 32.9 Å². The molecule has 0 aromatic carbocycles. The fourth-order valence-electron chi connectivity index (χ4n) is 2.01. The third-order valence-electron chi connectivity index (χ3n) is 3.30. The minimum Gasteiger partial charge on any atom is -0.361 e. The summed E-state index contributed by atoms with van der Waals surface area (Å²) in [5.74, 6) is 0.0240. The minimum atomic E-state index is -0.704. The third-order valence-corrected chi connectivity index (χ3v) is 3.30. The molecule has 1 aromatic heterocycles. The maximum Gasteiger partial charge on any atom is 0.232 e. The number of carbonyl (C=O) groups excluding carboxylic acids is 1. The van der Waals surface area contributed by atoms with Gasteiger partial charge in [-0.15, -0.1) is 0 Å². The van der Waals surface area contributed by atoms with Crippen molar-refractivity contribution in [1.82, 2.24) is 10.1 Å². The highest BCUT2D eigenvalue weighted by atomic mass is 16.6. The van der Waals surface area contributed by atoms with E-state index in [1.54, 1.807) is 20.9 Å². The van der Waals surface area contributed by atoms with Gasteiger partial charge in [0.05, 0.1) is 12.2 Å². The SMILES string of the molecule is Cc1noc(C)c1CN(C)C(=O)[C@@H]1C[C@H]1[N+](=O)[O-]. The van der Waals surface area contributed by atoms with Gasteiger partial charge in [-0.05, 0) is 13.8 Å². The quantitative estimate of drug-likeness (QED) is 0.587. The standard InChI is InChI=1S/C11H15N3O4/c1-6-9(7(2)18-12-6)5-13(3)11(15)8-4-10(8)14(16)17/h8,10H,4-5H2,1-3H3/t8-,10-/m1/s1. The lowest BCUT2D eigenvalue weighted by Gasteiger charge is -2.16.